The molecule has 0 saturated carbocycles. The van der Waals surface area contributed by atoms with Gasteiger partial charge in [-0.2, -0.15) is 0 Å². The highest BCUT2D eigenvalue weighted by Gasteiger charge is 1.91. The van der Waals surface area contributed by atoms with E-state index in [9.17, 15) is 4.39 Å². The molecular formula is C15H12BrF. The van der Waals surface area contributed by atoms with Gasteiger partial charge in [-0.25, -0.2) is 4.39 Å². The number of hydrogen-bond donors (Lipinski definition) is 0. The molecule has 2 rings (SSSR count). The maximum Gasteiger partial charge on any atom is 0.123 e. The third-order valence-electron chi connectivity index (χ3n) is 2.47. The van der Waals surface area contributed by atoms with Crippen molar-refractivity contribution in [2.75, 3.05) is 0 Å². The molecule has 0 radical (unpaired) electrons. The van der Waals surface area contributed by atoms with Crippen molar-refractivity contribution in [2.24, 2.45) is 0 Å². The average Bonchev–Trinajstić information content (AvgIpc) is 2.39. The number of benzene rings is 2. The van der Waals surface area contributed by atoms with E-state index >= 15 is 0 Å². The highest BCUT2D eigenvalue weighted by Crippen LogP contribution is 2.12. The molecule has 0 amide bonds. The molecule has 0 aliphatic carbocycles. The maximum atomic E-state index is 12.7. The Labute approximate surface area is 109 Å². The summed E-state index contributed by atoms with van der Waals surface area (Å²) in [7, 11) is 0. The zero-order valence-corrected chi connectivity index (χ0v) is 10.8. The molecule has 2 heteroatoms. The smallest absolute Gasteiger partial charge is 0.123 e. The number of rotatable bonds is 3. The van der Waals surface area contributed by atoms with Gasteiger partial charge >= 0.3 is 0 Å². The van der Waals surface area contributed by atoms with Crippen molar-refractivity contribution in [3.05, 3.63) is 71.0 Å². The Balaban J connectivity index is 2.11. The number of alkyl halides is 1. The van der Waals surface area contributed by atoms with E-state index in [-0.39, 0.29) is 5.82 Å². The molecular weight excluding hydrogens is 279 g/mol. The first-order valence-corrected chi connectivity index (χ1v) is 6.48. The summed E-state index contributed by atoms with van der Waals surface area (Å²) in [4.78, 5) is 0. The van der Waals surface area contributed by atoms with E-state index in [1.807, 2.05) is 12.2 Å². The Bertz CT molecular complexity index is 497. The van der Waals surface area contributed by atoms with Crippen molar-refractivity contribution in [1.82, 2.24) is 0 Å². The standard InChI is InChI=1S/C15H12BrF/c16-11-14-5-3-12(4-6-14)1-2-13-7-9-15(17)10-8-13/h1-10H,11H2/b2-1+. The minimum Gasteiger partial charge on any atom is -0.207 e. The second kappa shape index (κ2) is 5.78. The minimum absolute atomic E-state index is 0.205. The van der Waals surface area contributed by atoms with Gasteiger partial charge in [-0.1, -0.05) is 64.5 Å². The molecule has 0 fully saturated rings. The van der Waals surface area contributed by atoms with E-state index in [1.165, 1.54) is 17.7 Å². The van der Waals surface area contributed by atoms with E-state index in [4.69, 9.17) is 0 Å². The molecule has 0 aliphatic rings. The first-order valence-electron chi connectivity index (χ1n) is 5.36. The van der Waals surface area contributed by atoms with Crippen LogP contribution >= 0.6 is 15.9 Å². The second-order valence-electron chi connectivity index (χ2n) is 3.76. The van der Waals surface area contributed by atoms with Crippen molar-refractivity contribution in [3.8, 4) is 0 Å². The monoisotopic (exact) mass is 290 g/mol. The van der Waals surface area contributed by atoms with Crippen LogP contribution in [-0.4, -0.2) is 0 Å². The van der Waals surface area contributed by atoms with Gasteiger partial charge in [0.05, 0.1) is 0 Å². The van der Waals surface area contributed by atoms with Gasteiger partial charge in [-0.15, -0.1) is 0 Å². The minimum atomic E-state index is -0.205. The van der Waals surface area contributed by atoms with Gasteiger partial charge < -0.3 is 0 Å². The molecule has 0 N–H and O–H groups in total. The first-order chi connectivity index (χ1) is 8.28. The zero-order valence-electron chi connectivity index (χ0n) is 9.24. The van der Waals surface area contributed by atoms with Crippen LogP contribution in [0.2, 0.25) is 0 Å². The van der Waals surface area contributed by atoms with Gasteiger partial charge in [0.15, 0.2) is 0 Å². The maximum absolute atomic E-state index is 12.7. The zero-order chi connectivity index (χ0) is 12.1. The molecule has 2 aromatic rings. The molecule has 0 bridgehead atoms. The summed E-state index contributed by atoms with van der Waals surface area (Å²) in [6.45, 7) is 0. The molecule has 17 heavy (non-hydrogen) atoms. The predicted molar refractivity (Wildman–Crippen MR) is 74.4 cm³/mol. The predicted octanol–water partition coefficient (Wildman–Crippen LogP) is 4.89. The first kappa shape index (κ1) is 12.1. The summed E-state index contributed by atoms with van der Waals surface area (Å²) < 4.78 is 12.7. The number of hydrogen-bond acceptors (Lipinski definition) is 0. The summed E-state index contributed by atoms with van der Waals surface area (Å²) in [5.41, 5.74) is 3.39. The SMILES string of the molecule is Fc1ccc(/C=C/c2ccc(CBr)cc2)cc1. The third kappa shape index (κ3) is 3.53. The Morgan fingerprint density at radius 1 is 0.824 bits per heavy atom. The van der Waals surface area contributed by atoms with E-state index in [1.54, 1.807) is 12.1 Å². The van der Waals surface area contributed by atoms with Crippen molar-refractivity contribution in [2.45, 2.75) is 5.33 Å². The summed E-state index contributed by atoms with van der Waals surface area (Å²) in [5.74, 6) is -0.205. The topological polar surface area (TPSA) is 0 Å². The van der Waals surface area contributed by atoms with Crippen LogP contribution in [0.25, 0.3) is 12.2 Å². The van der Waals surface area contributed by atoms with Gasteiger partial charge in [0.1, 0.15) is 5.82 Å². The van der Waals surface area contributed by atoms with E-state index in [2.05, 4.69) is 40.2 Å². The summed E-state index contributed by atoms with van der Waals surface area (Å²) in [6, 6.07) is 14.8. The summed E-state index contributed by atoms with van der Waals surface area (Å²) in [5, 5.41) is 0.870. The van der Waals surface area contributed by atoms with Crippen LogP contribution in [0.3, 0.4) is 0 Å². The Hall–Kier alpha value is -1.41. The number of halogens is 2. The average molecular weight is 291 g/mol. The van der Waals surface area contributed by atoms with Gasteiger partial charge in [-0.05, 0) is 28.8 Å². The molecule has 0 atom stereocenters. The van der Waals surface area contributed by atoms with Crippen LogP contribution in [0, 0.1) is 5.82 Å². The van der Waals surface area contributed by atoms with Gasteiger partial charge in [-0.3, -0.25) is 0 Å². The lowest BCUT2D eigenvalue weighted by molar-refractivity contribution is 0.628. The molecule has 0 spiro atoms. The summed E-state index contributed by atoms with van der Waals surface area (Å²) >= 11 is 3.41. The highest BCUT2D eigenvalue weighted by molar-refractivity contribution is 9.08. The fourth-order valence-electron chi connectivity index (χ4n) is 1.48. The lowest BCUT2D eigenvalue weighted by Crippen LogP contribution is -1.78. The quantitative estimate of drug-likeness (QED) is 0.558. The van der Waals surface area contributed by atoms with Crippen LogP contribution in [0.1, 0.15) is 16.7 Å². The second-order valence-corrected chi connectivity index (χ2v) is 4.32. The van der Waals surface area contributed by atoms with Crippen LogP contribution in [0.15, 0.2) is 48.5 Å². The lowest BCUT2D eigenvalue weighted by atomic mass is 10.1. The fourth-order valence-corrected chi connectivity index (χ4v) is 1.86. The Morgan fingerprint density at radius 3 is 1.76 bits per heavy atom. The van der Waals surface area contributed by atoms with Crippen LogP contribution in [0.5, 0.6) is 0 Å². The molecule has 0 aromatic heterocycles. The molecule has 2 aromatic carbocycles. The fraction of sp³-hybridized carbons (Fsp3) is 0.0667. The molecule has 86 valence electrons. The van der Waals surface area contributed by atoms with Crippen molar-refractivity contribution < 1.29 is 4.39 Å². The lowest BCUT2D eigenvalue weighted by Gasteiger charge is -1.97. The van der Waals surface area contributed by atoms with Gasteiger partial charge in [0, 0.05) is 5.33 Å². The van der Waals surface area contributed by atoms with Gasteiger partial charge in [0.25, 0.3) is 0 Å². The molecule has 0 heterocycles. The van der Waals surface area contributed by atoms with E-state index < -0.39 is 0 Å². The third-order valence-corrected chi connectivity index (χ3v) is 3.12. The molecule has 0 nitrogen and oxygen atoms in total. The van der Waals surface area contributed by atoms with Crippen molar-refractivity contribution in [3.63, 3.8) is 0 Å². The van der Waals surface area contributed by atoms with E-state index in [0.29, 0.717) is 0 Å². The molecule has 0 aliphatic heterocycles. The van der Waals surface area contributed by atoms with E-state index in [0.717, 1.165) is 16.5 Å². The van der Waals surface area contributed by atoms with Crippen molar-refractivity contribution in [1.29, 1.82) is 0 Å². The van der Waals surface area contributed by atoms with Crippen LogP contribution in [-0.2, 0) is 5.33 Å². The molecule has 0 unspecified atom stereocenters. The largest absolute Gasteiger partial charge is 0.207 e. The Kier molecular flexibility index (Phi) is 4.10. The van der Waals surface area contributed by atoms with Crippen LogP contribution in [0.4, 0.5) is 4.39 Å². The Morgan fingerprint density at radius 2 is 1.29 bits per heavy atom. The highest BCUT2D eigenvalue weighted by atomic mass is 79.9. The molecule has 0 saturated heterocycles. The van der Waals surface area contributed by atoms with Crippen LogP contribution < -0.4 is 0 Å². The normalized spacial score (nSPS) is 10.9. The van der Waals surface area contributed by atoms with Crippen molar-refractivity contribution >= 4 is 28.1 Å². The van der Waals surface area contributed by atoms with Gasteiger partial charge in [0.2, 0.25) is 0 Å². The summed E-state index contributed by atoms with van der Waals surface area (Å²) in [6.07, 6.45) is 3.99.